The lowest BCUT2D eigenvalue weighted by Crippen LogP contribution is -2.58. The molecule has 3 N–H and O–H groups in total. The van der Waals surface area contributed by atoms with Crippen molar-refractivity contribution >= 4 is 11.8 Å². The minimum absolute atomic E-state index is 0.00103. The number of hydrogen-bond acceptors (Lipinski definition) is 5. The second kappa shape index (κ2) is 10.2. The monoisotopic (exact) mass is 402 g/mol. The normalized spacial score (nSPS) is 22.0. The third-order valence-electron chi connectivity index (χ3n) is 5.88. The van der Waals surface area contributed by atoms with E-state index in [1.165, 1.54) is 31.1 Å². The van der Waals surface area contributed by atoms with Gasteiger partial charge >= 0.3 is 0 Å². The zero-order chi connectivity index (χ0) is 20.8. The van der Waals surface area contributed by atoms with Crippen LogP contribution in [0.4, 0.5) is 0 Å². The summed E-state index contributed by atoms with van der Waals surface area (Å²) < 4.78 is 5.02. The van der Waals surface area contributed by atoms with Gasteiger partial charge < -0.3 is 20.7 Å². The first kappa shape index (κ1) is 21.7. The molecular weight excluding hydrogens is 368 g/mol. The van der Waals surface area contributed by atoms with E-state index in [9.17, 15) is 9.59 Å². The molecule has 2 fully saturated rings. The highest BCUT2D eigenvalue weighted by atomic mass is 16.5. The minimum atomic E-state index is -0.470. The molecule has 1 saturated carbocycles. The maximum atomic E-state index is 12.8. The van der Waals surface area contributed by atoms with Crippen molar-refractivity contribution < 1.29 is 14.3 Å². The van der Waals surface area contributed by atoms with Crippen LogP contribution in [-0.4, -0.2) is 73.1 Å². The molecule has 1 unspecified atom stereocenters. The number of nitrogens with zero attached hydrogens (tertiary/aromatic N) is 2. The van der Waals surface area contributed by atoms with E-state index >= 15 is 0 Å². The fraction of sp³-hybridized carbons (Fsp3) is 0.636. The van der Waals surface area contributed by atoms with E-state index in [1.54, 1.807) is 4.90 Å². The number of methoxy groups -OCH3 is 1. The number of amides is 2. The van der Waals surface area contributed by atoms with Gasteiger partial charge in [-0.2, -0.15) is 0 Å². The van der Waals surface area contributed by atoms with Gasteiger partial charge in [-0.1, -0.05) is 29.8 Å². The van der Waals surface area contributed by atoms with Crippen molar-refractivity contribution in [2.75, 3.05) is 33.4 Å². The molecule has 160 valence electrons. The lowest BCUT2D eigenvalue weighted by Gasteiger charge is -2.43. The summed E-state index contributed by atoms with van der Waals surface area (Å²) in [4.78, 5) is 29.6. The summed E-state index contributed by atoms with van der Waals surface area (Å²) in [5, 5.41) is 2.87. The highest BCUT2D eigenvalue weighted by molar-refractivity contribution is 5.88. The molecule has 1 aliphatic carbocycles. The van der Waals surface area contributed by atoms with Crippen LogP contribution in [0.15, 0.2) is 24.3 Å². The van der Waals surface area contributed by atoms with Crippen LogP contribution in [0.1, 0.15) is 36.8 Å². The maximum absolute atomic E-state index is 12.8. The molecule has 2 amide bonds. The van der Waals surface area contributed by atoms with Crippen LogP contribution >= 0.6 is 0 Å². The first-order valence-electron chi connectivity index (χ1n) is 10.6. The summed E-state index contributed by atoms with van der Waals surface area (Å²) in [6.07, 6.45) is 3.93. The Morgan fingerprint density at radius 2 is 1.93 bits per heavy atom. The van der Waals surface area contributed by atoms with Crippen molar-refractivity contribution in [3.05, 3.63) is 35.4 Å². The third kappa shape index (κ3) is 5.78. The first-order chi connectivity index (χ1) is 14.0. The molecule has 0 bridgehead atoms. The Labute approximate surface area is 173 Å². The fourth-order valence-electron chi connectivity index (χ4n) is 4.18. The molecule has 29 heavy (non-hydrogen) atoms. The van der Waals surface area contributed by atoms with Crippen LogP contribution in [0.2, 0.25) is 0 Å². The predicted octanol–water partition coefficient (Wildman–Crippen LogP) is 1.04. The van der Waals surface area contributed by atoms with Gasteiger partial charge in [0.25, 0.3) is 0 Å². The second-order valence-corrected chi connectivity index (χ2v) is 8.18. The van der Waals surface area contributed by atoms with Gasteiger partial charge in [0.1, 0.15) is 12.6 Å². The molecule has 1 heterocycles. The molecule has 3 rings (SSSR count). The Morgan fingerprint density at radius 1 is 1.21 bits per heavy atom. The van der Waals surface area contributed by atoms with Crippen LogP contribution in [0.5, 0.6) is 0 Å². The second-order valence-electron chi connectivity index (χ2n) is 8.18. The topological polar surface area (TPSA) is 87.9 Å². The average Bonchev–Trinajstić information content (AvgIpc) is 3.56. The molecule has 1 aliphatic heterocycles. The quantitative estimate of drug-likeness (QED) is 0.644. The van der Waals surface area contributed by atoms with E-state index in [0.717, 1.165) is 13.0 Å². The minimum Gasteiger partial charge on any atom is -0.375 e. The summed E-state index contributed by atoms with van der Waals surface area (Å²) in [6, 6.07) is 9.06. The summed E-state index contributed by atoms with van der Waals surface area (Å²) in [5.41, 5.74) is 8.10. The Morgan fingerprint density at radius 3 is 2.55 bits per heavy atom. The van der Waals surface area contributed by atoms with Crippen molar-refractivity contribution in [1.29, 1.82) is 0 Å². The predicted molar refractivity (Wildman–Crippen MR) is 112 cm³/mol. The molecule has 7 nitrogen and oxygen atoms in total. The number of benzene rings is 1. The van der Waals surface area contributed by atoms with Gasteiger partial charge in [-0.3, -0.25) is 14.5 Å². The van der Waals surface area contributed by atoms with E-state index in [2.05, 4.69) is 41.4 Å². The molecular formula is C22H34N4O3. The van der Waals surface area contributed by atoms with E-state index in [-0.39, 0.29) is 24.5 Å². The van der Waals surface area contributed by atoms with Crippen LogP contribution in [-0.2, 0) is 20.9 Å². The molecule has 0 spiro atoms. The number of ether oxygens (including phenoxy) is 1. The van der Waals surface area contributed by atoms with Crippen LogP contribution in [0, 0.1) is 6.92 Å². The Bertz CT molecular complexity index is 690. The van der Waals surface area contributed by atoms with Crippen LogP contribution < -0.4 is 11.1 Å². The van der Waals surface area contributed by atoms with Gasteiger partial charge in [-0.05, 0) is 38.2 Å². The molecule has 1 aromatic carbocycles. The zero-order valence-corrected chi connectivity index (χ0v) is 17.6. The molecule has 2 atom stereocenters. The first-order valence-corrected chi connectivity index (χ1v) is 10.6. The summed E-state index contributed by atoms with van der Waals surface area (Å²) in [5.74, 6) is -0.244. The lowest BCUT2D eigenvalue weighted by molar-refractivity contribution is -0.146. The largest absolute Gasteiger partial charge is 0.375 e. The highest BCUT2D eigenvalue weighted by Crippen LogP contribution is 2.34. The molecule has 0 aromatic heterocycles. The smallest absolute Gasteiger partial charge is 0.249 e. The van der Waals surface area contributed by atoms with Gasteiger partial charge in [0.2, 0.25) is 11.8 Å². The van der Waals surface area contributed by atoms with E-state index in [1.807, 2.05) is 0 Å². The number of hydrogen-bond donors (Lipinski definition) is 2. The number of nitrogens with two attached hydrogens (primary N) is 1. The number of likely N-dealkylation sites (tertiary alicyclic amines) is 1. The zero-order valence-electron chi connectivity index (χ0n) is 17.6. The van der Waals surface area contributed by atoms with Crippen LogP contribution in [0.3, 0.4) is 0 Å². The van der Waals surface area contributed by atoms with E-state index in [4.69, 9.17) is 10.5 Å². The summed E-state index contributed by atoms with van der Waals surface area (Å²) in [7, 11) is 1.50. The number of nitrogens with one attached hydrogen (secondary N) is 1. The maximum Gasteiger partial charge on any atom is 0.249 e. The fourth-order valence-corrected chi connectivity index (χ4v) is 4.18. The third-order valence-corrected chi connectivity index (χ3v) is 5.88. The molecule has 2 aliphatic rings. The van der Waals surface area contributed by atoms with Gasteiger partial charge in [0.05, 0.1) is 0 Å². The number of piperidine rings is 1. The molecule has 7 heteroatoms. The van der Waals surface area contributed by atoms with Gasteiger partial charge in [-0.25, -0.2) is 0 Å². The Balaban J connectivity index is 1.73. The van der Waals surface area contributed by atoms with Crippen molar-refractivity contribution in [3.63, 3.8) is 0 Å². The van der Waals surface area contributed by atoms with Crippen molar-refractivity contribution in [2.45, 2.75) is 57.3 Å². The highest BCUT2D eigenvalue weighted by Gasteiger charge is 2.41. The van der Waals surface area contributed by atoms with Gasteiger partial charge in [0, 0.05) is 45.4 Å². The summed E-state index contributed by atoms with van der Waals surface area (Å²) >= 11 is 0. The number of rotatable bonds is 9. The van der Waals surface area contributed by atoms with Gasteiger partial charge in [-0.15, -0.1) is 0 Å². The van der Waals surface area contributed by atoms with E-state index in [0.29, 0.717) is 32.1 Å². The number of carbonyl (C=O) groups excluding carboxylic acids is 2. The standard InChI is InChI=1S/C22H34N4O3/c1-16-3-5-17(6-4-16)14-26(18-7-8-18)19-9-12-25(21(27)15-29-2)20(13-19)22(28)24-11-10-23/h3-6,18-20H,7-15,23H2,1-2H3,(H,24,28)/t19?,20-/m1/s1. The molecule has 0 radical (unpaired) electrons. The molecule has 1 saturated heterocycles. The number of aryl methyl sites for hydroxylation is 1. The SMILES string of the molecule is COCC(=O)N1CCC(N(Cc2ccc(C)cc2)C2CC2)C[C@@H]1C(=O)NCCN. The van der Waals surface area contributed by atoms with E-state index < -0.39 is 6.04 Å². The van der Waals surface area contributed by atoms with Gasteiger partial charge in [0.15, 0.2) is 0 Å². The van der Waals surface area contributed by atoms with Crippen molar-refractivity contribution in [2.24, 2.45) is 5.73 Å². The lowest BCUT2D eigenvalue weighted by atomic mass is 9.94. The number of carbonyl (C=O) groups is 2. The average molecular weight is 403 g/mol. The Hall–Kier alpha value is -1.96. The van der Waals surface area contributed by atoms with Crippen LogP contribution in [0.25, 0.3) is 0 Å². The van der Waals surface area contributed by atoms with Crippen molar-refractivity contribution in [1.82, 2.24) is 15.1 Å². The Kier molecular flexibility index (Phi) is 7.64. The van der Waals surface area contributed by atoms with Crippen molar-refractivity contribution in [3.8, 4) is 0 Å². The molecule has 1 aromatic rings. The summed E-state index contributed by atoms with van der Waals surface area (Å²) in [6.45, 7) is 4.36.